The summed E-state index contributed by atoms with van der Waals surface area (Å²) in [6.07, 6.45) is 5.20. The van der Waals surface area contributed by atoms with Crippen LogP contribution in [0.5, 0.6) is 0 Å². The third kappa shape index (κ3) is 1.48. The molecular weight excluding hydrogens is 204 g/mol. The van der Waals surface area contributed by atoms with Crippen LogP contribution in [0.1, 0.15) is 0 Å². The Morgan fingerprint density at radius 3 is 2.75 bits per heavy atom. The molecule has 0 atom stereocenters. The van der Waals surface area contributed by atoms with Crippen LogP contribution in [-0.4, -0.2) is 20.1 Å². The lowest BCUT2D eigenvalue weighted by molar-refractivity contribution is 0.431. The highest BCUT2D eigenvalue weighted by Gasteiger charge is 2.10. The second-order valence-electron chi connectivity index (χ2n) is 3.24. The van der Waals surface area contributed by atoms with Crippen molar-refractivity contribution in [2.75, 3.05) is 0 Å². The summed E-state index contributed by atoms with van der Waals surface area (Å²) in [7, 11) is 0. The molecule has 0 bridgehead atoms. The first kappa shape index (κ1) is 8.84. The predicted octanol–water partition coefficient (Wildman–Crippen LogP) is 2.13. The molecule has 5 heteroatoms. The van der Waals surface area contributed by atoms with E-state index in [4.69, 9.17) is 4.52 Å². The molecule has 0 aliphatic carbocycles. The summed E-state index contributed by atoms with van der Waals surface area (Å²) < 4.78 is 5.15. The summed E-state index contributed by atoms with van der Waals surface area (Å²) >= 11 is 0. The zero-order valence-electron chi connectivity index (χ0n) is 8.29. The maximum Gasteiger partial charge on any atom is 0.274 e. The van der Waals surface area contributed by atoms with Crippen LogP contribution in [0.25, 0.3) is 23.0 Å². The molecule has 0 amide bonds. The molecule has 0 spiro atoms. The number of pyridine rings is 1. The van der Waals surface area contributed by atoms with Crippen LogP contribution >= 0.6 is 0 Å². The van der Waals surface area contributed by atoms with Gasteiger partial charge in [0.05, 0.1) is 0 Å². The number of H-pyrrole nitrogens is 1. The quantitative estimate of drug-likeness (QED) is 0.706. The fourth-order valence-electron chi connectivity index (χ4n) is 1.41. The summed E-state index contributed by atoms with van der Waals surface area (Å²) in [5.41, 5.74) is 1.70. The summed E-state index contributed by atoms with van der Waals surface area (Å²) in [4.78, 5) is 11.2. The summed E-state index contributed by atoms with van der Waals surface area (Å²) in [5.74, 6) is 1.05. The third-order valence-corrected chi connectivity index (χ3v) is 2.19. The second-order valence-corrected chi connectivity index (χ2v) is 3.24. The fraction of sp³-hybridized carbons (Fsp3) is 0. The largest absolute Gasteiger partial charge is 0.357 e. The van der Waals surface area contributed by atoms with Crippen LogP contribution in [0.4, 0.5) is 0 Å². The van der Waals surface area contributed by atoms with E-state index in [1.807, 2.05) is 30.5 Å². The van der Waals surface area contributed by atoms with E-state index in [1.165, 1.54) is 0 Å². The minimum atomic E-state index is 0.483. The van der Waals surface area contributed by atoms with Gasteiger partial charge in [0, 0.05) is 24.2 Å². The van der Waals surface area contributed by atoms with Gasteiger partial charge in [0.15, 0.2) is 0 Å². The average Bonchev–Trinajstić information content (AvgIpc) is 3.01. The molecule has 5 nitrogen and oxygen atoms in total. The van der Waals surface area contributed by atoms with E-state index >= 15 is 0 Å². The van der Waals surface area contributed by atoms with Crippen LogP contribution in [0, 0.1) is 0 Å². The van der Waals surface area contributed by atoms with E-state index in [-0.39, 0.29) is 0 Å². The van der Waals surface area contributed by atoms with Crippen LogP contribution in [0.3, 0.4) is 0 Å². The Morgan fingerprint density at radius 1 is 1.12 bits per heavy atom. The number of hydrogen-bond acceptors (Lipinski definition) is 4. The number of nitrogens with zero attached hydrogens (tertiary/aromatic N) is 3. The first-order valence-corrected chi connectivity index (χ1v) is 4.81. The highest BCUT2D eigenvalue weighted by Crippen LogP contribution is 2.19. The predicted molar refractivity (Wildman–Crippen MR) is 57.3 cm³/mol. The number of aromatic amines is 1. The Balaban J connectivity index is 2.00. The van der Waals surface area contributed by atoms with Gasteiger partial charge in [-0.3, -0.25) is 4.98 Å². The lowest BCUT2D eigenvalue weighted by Gasteiger charge is -1.89. The zero-order chi connectivity index (χ0) is 10.8. The number of rotatable bonds is 2. The molecule has 3 aromatic rings. The summed E-state index contributed by atoms with van der Waals surface area (Å²) in [5, 5.41) is 3.91. The maximum absolute atomic E-state index is 5.15. The molecule has 0 fully saturated rings. The highest BCUT2D eigenvalue weighted by molar-refractivity contribution is 5.56. The van der Waals surface area contributed by atoms with Crippen molar-refractivity contribution in [3.63, 3.8) is 0 Å². The van der Waals surface area contributed by atoms with Gasteiger partial charge in [0.25, 0.3) is 5.89 Å². The van der Waals surface area contributed by atoms with Crippen molar-refractivity contribution >= 4 is 0 Å². The van der Waals surface area contributed by atoms with E-state index in [0.717, 1.165) is 11.3 Å². The first-order valence-electron chi connectivity index (χ1n) is 4.81. The molecular formula is C11H8N4O. The Labute approximate surface area is 91.2 Å². The monoisotopic (exact) mass is 212 g/mol. The average molecular weight is 212 g/mol. The van der Waals surface area contributed by atoms with Gasteiger partial charge in [-0.2, -0.15) is 4.98 Å². The van der Waals surface area contributed by atoms with Gasteiger partial charge >= 0.3 is 0 Å². The SMILES string of the molecule is c1c[nH]c(-c2nc(-c3ccncc3)no2)c1. The highest BCUT2D eigenvalue weighted by atomic mass is 16.5. The lowest BCUT2D eigenvalue weighted by Crippen LogP contribution is -1.81. The van der Waals surface area contributed by atoms with Crippen LogP contribution in [0.2, 0.25) is 0 Å². The van der Waals surface area contributed by atoms with Crippen molar-refractivity contribution < 1.29 is 4.52 Å². The lowest BCUT2D eigenvalue weighted by atomic mass is 10.2. The molecule has 0 radical (unpaired) electrons. The Morgan fingerprint density at radius 2 is 2.00 bits per heavy atom. The van der Waals surface area contributed by atoms with E-state index < -0.39 is 0 Å². The molecule has 3 heterocycles. The molecule has 0 saturated heterocycles. The van der Waals surface area contributed by atoms with Crippen molar-refractivity contribution in [2.24, 2.45) is 0 Å². The van der Waals surface area contributed by atoms with Crippen molar-refractivity contribution in [3.8, 4) is 23.0 Å². The molecule has 0 aliphatic rings. The standard InChI is InChI=1S/C11H8N4O/c1-2-9(13-5-1)11-14-10(15-16-11)8-3-6-12-7-4-8/h1-7,13H. The molecule has 3 aromatic heterocycles. The molecule has 1 N–H and O–H groups in total. The molecule has 0 aliphatic heterocycles. The second kappa shape index (κ2) is 3.62. The van der Waals surface area contributed by atoms with Crippen molar-refractivity contribution in [2.45, 2.75) is 0 Å². The number of hydrogen-bond donors (Lipinski definition) is 1. The van der Waals surface area contributed by atoms with Gasteiger partial charge in [-0.05, 0) is 24.3 Å². The van der Waals surface area contributed by atoms with E-state index in [0.29, 0.717) is 11.7 Å². The zero-order valence-corrected chi connectivity index (χ0v) is 8.29. The maximum atomic E-state index is 5.15. The van der Waals surface area contributed by atoms with Crippen LogP contribution in [-0.2, 0) is 0 Å². The third-order valence-electron chi connectivity index (χ3n) is 2.19. The molecule has 16 heavy (non-hydrogen) atoms. The van der Waals surface area contributed by atoms with E-state index in [1.54, 1.807) is 12.4 Å². The minimum Gasteiger partial charge on any atom is -0.357 e. The van der Waals surface area contributed by atoms with Crippen LogP contribution < -0.4 is 0 Å². The van der Waals surface area contributed by atoms with Gasteiger partial charge in [-0.15, -0.1) is 0 Å². The van der Waals surface area contributed by atoms with Gasteiger partial charge in [0.1, 0.15) is 5.69 Å². The first-order chi connectivity index (χ1) is 7.93. The van der Waals surface area contributed by atoms with E-state index in [9.17, 15) is 0 Å². The van der Waals surface area contributed by atoms with E-state index in [2.05, 4.69) is 20.1 Å². The Kier molecular flexibility index (Phi) is 2.00. The van der Waals surface area contributed by atoms with Gasteiger partial charge in [0.2, 0.25) is 5.82 Å². The number of nitrogens with one attached hydrogen (secondary N) is 1. The molecule has 3 rings (SSSR count). The molecule has 0 unspecified atom stereocenters. The Bertz CT molecular complexity index is 571. The number of aromatic nitrogens is 4. The van der Waals surface area contributed by atoms with Crippen molar-refractivity contribution in [1.29, 1.82) is 0 Å². The fourth-order valence-corrected chi connectivity index (χ4v) is 1.41. The van der Waals surface area contributed by atoms with Gasteiger partial charge < -0.3 is 9.51 Å². The van der Waals surface area contributed by atoms with Gasteiger partial charge in [-0.25, -0.2) is 0 Å². The molecule has 78 valence electrons. The van der Waals surface area contributed by atoms with Crippen molar-refractivity contribution in [3.05, 3.63) is 42.9 Å². The van der Waals surface area contributed by atoms with Gasteiger partial charge in [-0.1, -0.05) is 5.16 Å². The minimum absolute atomic E-state index is 0.483. The molecule has 0 aromatic carbocycles. The summed E-state index contributed by atoms with van der Waals surface area (Å²) in [6.45, 7) is 0. The topological polar surface area (TPSA) is 67.6 Å². The molecule has 0 saturated carbocycles. The normalized spacial score (nSPS) is 10.5. The Hall–Kier alpha value is -2.43. The van der Waals surface area contributed by atoms with Crippen molar-refractivity contribution in [1.82, 2.24) is 20.1 Å². The summed E-state index contributed by atoms with van der Waals surface area (Å²) in [6, 6.07) is 7.43. The van der Waals surface area contributed by atoms with Crippen LogP contribution in [0.15, 0.2) is 47.4 Å². The smallest absolute Gasteiger partial charge is 0.274 e.